The van der Waals surface area contributed by atoms with Crippen LogP contribution in [0.5, 0.6) is 5.75 Å². The fourth-order valence-electron chi connectivity index (χ4n) is 2.30. The number of piperazine rings is 1. The molecule has 19 heavy (non-hydrogen) atoms. The Bertz CT molecular complexity index is 426. The van der Waals surface area contributed by atoms with Gasteiger partial charge in [-0.25, -0.2) is 0 Å². The number of rotatable bonds is 3. The Morgan fingerprint density at radius 1 is 1.32 bits per heavy atom. The van der Waals surface area contributed by atoms with E-state index in [9.17, 15) is 4.79 Å². The lowest BCUT2D eigenvalue weighted by Crippen LogP contribution is -2.56. The minimum atomic E-state index is 0.0233. The van der Waals surface area contributed by atoms with Crippen LogP contribution in [0.25, 0.3) is 0 Å². The Hall–Kier alpha value is -1.26. The van der Waals surface area contributed by atoms with Crippen LogP contribution in [0.1, 0.15) is 13.8 Å². The number of ether oxygens (including phenoxy) is 1. The second kappa shape index (κ2) is 6.26. The summed E-state index contributed by atoms with van der Waals surface area (Å²) in [6.45, 7) is 5.69. The third kappa shape index (κ3) is 4.11. The fraction of sp³-hybridized carbons (Fsp3) is 0.500. The van der Waals surface area contributed by atoms with Gasteiger partial charge in [0.15, 0.2) is 6.61 Å². The summed E-state index contributed by atoms with van der Waals surface area (Å²) < 4.78 is 5.48. The summed E-state index contributed by atoms with van der Waals surface area (Å²) in [7, 11) is 0. The molecule has 1 N–H and O–H groups in total. The van der Waals surface area contributed by atoms with Crippen LogP contribution in [-0.4, -0.2) is 42.6 Å². The van der Waals surface area contributed by atoms with Crippen molar-refractivity contribution >= 4 is 17.5 Å². The van der Waals surface area contributed by atoms with Crippen LogP contribution in [0.2, 0.25) is 5.02 Å². The Morgan fingerprint density at radius 3 is 2.47 bits per heavy atom. The second-order valence-corrected chi connectivity index (χ2v) is 5.45. The van der Waals surface area contributed by atoms with E-state index in [4.69, 9.17) is 16.3 Å². The maximum absolute atomic E-state index is 12.1. The third-order valence-electron chi connectivity index (χ3n) is 3.09. The van der Waals surface area contributed by atoms with Crippen LogP contribution >= 0.6 is 11.6 Å². The number of carbonyl (C=O) groups is 1. The highest BCUT2D eigenvalue weighted by Gasteiger charge is 2.24. The normalized spacial score (nSPS) is 23.2. The van der Waals surface area contributed by atoms with E-state index in [2.05, 4.69) is 19.2 Å². The summed E-state index contributed by atoms with van der Waals surface area (Å²) in [4.78, 5) is 13.9. The number of carbonyl (C=O) groups excluding carboxylic acids is 1. The molecule has 4 nitrogen and oxygen atoms in total. The van der Waals surface area contributed by atoms with Gasteiger partial charge in [0.25, 0.3) is 5.91 Å². The van der Waals surface area contributed by atoms with E-state index in [1.54, 1.807) is 24.3 Å². The summed E-state index contributed by atoms with van der Waals surface area (Å²) in [6, 6.07) is 7.66. The highest BCUT2D eigenvalue weighted by atomic mass is 35.5. The van der Waals surface area contributed by atoms with Crippen molar-refractivity contribution in [2.75, 3.05) is 19.7 Å². The molecule has 1 aromatic rings. The number of nitrogens with zero attached hydrogens (tertiary/aromatic N) is 1. The summed E-state index contributed by atoms with van der Waals surface area (Å²) in [6.07, 6.45) is 0. The summed E-state index contributed by atoms with van der Waals surface area (Å²) in [5, 5.41) is 4.05. The van der Waals surface area contributed by atoms with E-state index < -0.39 is 0 Å². The average molecular weight is 283 g/mol. The highest BCUT2D eigenvalue weighted by molar-refractivity contribution is 6.30. The summed E-state index contributed by atoms with van der Waals surface area (Å²) >= 11 is 5.79. The van der Waals surface area contributed by atoms with Crippen LogP contribution in [-0.2, 0) is 4.79 Å². The molecule has 2 unspecified atom stereocenters. The Balaban J connectivity index is 1.85. The second-order valence-electron chi connectivity index (χ2n) is 5.01. The van der Waals surface area contributed by atoms with Crippen molar-refractivity contribution in [1.82, 2.24) is 10.2 Å². The standard InChI is InChI=1S/C14H19ClN2O2/c1-10-7-17(8-11(2)16-10)14(18)9-19-13-5-3-12(15)4-6-13/h3-6,10-11,16H,7-9H2,1-2H3. The summed E-state index contributed by atoms with van der Waals surface area (Å²) in [5.74, 6) is 0.684. The molecule has 1 saturated heterocycles. The number of amides is 1. The first kappa shape index (κ1) is 14.2. The molecule has 0 aromatic heterocycles. The van der Waals surface area contributed by atoms with E-state index in [1.807, 2.05) is 4.90 Å². The zero-order chi connectivity index (χ0) is 13.8. The van der Waals surface area contributed by atoms with Crippen molar-refractivity contribution in [2.45, 2.75) is 25.9 Å². The smallest absolute Gasteiger partial charge is 0.260 e. The third-order valence-corrected chi connectivity index (χ3v) is 3.34. The van der Waals surface area contributed by atoms with Crippen molar-refractivity contribution in [3.8, 4) is 5.75 Å². The predicted molar refractivity (Wildman–Crippen MR) is 75.6 cm³/mol. The van der Waals surface area contributed by atoms with Gasteiger partial charge in [0, 0.05) is 30.2 Å². The predicted octanol–water partition coefficient (Wildman–Crippen LogP) is 1.93. The molecule has 0 saturated carbocycles. The minimum absolute atomic E-state index is 0.0233. The molecule has 1 fully saturated rings. The van der Waals surface area contributed by atoms with Gasteiger partial charge in [-0.15, -0.1) is 0 Å². The number of hydrogen-bond acceptors (Lipinski definition) is 3. The molecule has 1 amide bonds. The van der Waals surface area contributed by atoms with Gasteiger partial charge in [-0.2, -0.15) is 0 Å². The van der Waals surface area contributed by atoms with Crippen LogP contribution < -0.4 is 10.1 Å². The SMILES string of the molecule is CC1CN(C(=O)COc2ccc(Cl)cc2)CC(C)N1. The van der Waals surface area contributed by atoms with Gasteiger partial charge >= 0.3 is 0 Å². The Kier molecular flexibility index (Phi) is 4.66. The first-order chi connectivity index (χ1) is 9.04. The zero-order valence-electron chi connectivity index (χ0n) is 11.2. The maximum atomic E-state index is 12.1. The molecule has 2 rings (SSSR count). The van der Waals surface area contributed by atoms with Gasteiger partial charge in [0.2, 0.25) is 0 Å². The quantitative estimate of drug-likeness (QED) is 0.921. The first-order valence-corrected chi connectivity index (χ1v) is 6.84. The van der Waals surface area contributed by atoms with E-state index in [-0.39, 0.29) is 12.5 Å². The van der Waals surface area contributed by atoms with Crippen molar-refractivity contribution in [3.05, 3.63) is 29.3 Å². The molecule has 1 heterocycles. The zero-order valence-corrected chi connectivity index (χ0v) is 12.0. The molecular formula is C14H19ClN2O2. The van der Waals surface area contributed by atoms with Crippen molar-refractivity contribution in [3.63, 3.8) is 0 Å². The Morgan fingerprint density at radius 2 is 1.89 bits per heavy atom. The molecule has 0 radical (unpaired) electrons. The minimum Gasteiger partial charge on any atom is -0.484 e. The van der Waals surface area contributed by atoms with Gasteiger partial charge < -0.3 is 15.0 Å². The highest BCUT2D eigenvalue weighted by Crippen LogP contribution is 2.15. The van der Waals surface area contributed by atoms with E-state index in [1.165, 1.54) is 0 Å². The van der Waals surface area contributed by atoms with Crippen LogP contribution in [0.3, 0.4) is 0 Å². The molecule has 1 aromatic carbocycles. The molecule has 1 aliphatic rings. The Labute approximate surface area is 118 Å². The molecule has 0 bridgehead atoms. The van der Waals surface area contributed by atoms with Crippen molar-refractivity contribution in [2.24, 2.45) is 0 Å². The molecule has 5 heteroatoms. The van der Waals surface area contributed by atoms with Gasteiger partial charge in [0.1, 0.15) is 5.75 Å². The van der Waals surface area contributed by atoms with Crippen molar-refractivity contribution < 1.29 is 9.53 Å². The molecule has 2 atom stereocenters. The molecule has 1 aliphatic heterocycles. The van der Waals surface area contributed by atoms with Gasteiger partial charge in [-0.3, -0.25) is 4.79 Å². The topological polar surface area (TPSA) is 41.6 Å². The maximum Gasteiger partial charge on any atom is 0.260 e. The summed E-state index contributed by atoms with van der Waals surface area (Å²) in [5.41, 5.74) is 0. The van der Waals surface area contributed by atoms with Crippen LogP contribution in [0.4, 0.5) is 0 Å². The monoisotopic (exact) mass is 282 g/mol. The lowest BCUT2D eigenvalue weighted by Gasteiger charge is -2.36. The van der Waals surface area contributed by atoms with Gasteiger partial charge in [0.05, 0.1) is 0 Å². The number of benzene rings is 1. The number of halogens is 1. The number of nitrogens with one attached hydrogen (secondary N) is 1. The van der Waals surface area contributed by atoms with E-state index in [0.29, 0.717) is 22.9 Å². The van der Waals surface area contributed by atoms with Crippen LogP contribution in [0, 0.1) is 0 Å². The van der Waals surface area contributed by atoms with Crippen molar-refractivity contribution in [1.29, 1.82) is 0 Å². The first-order valence-electron chi connectivity index (χ1n) is 6.47. The molecule has 0 spiro atoms. The van der Waals surface area contributed by atoms with E-state index >= 15 is 0 Å². The molecule has 0 aliphatic carbocycles. The largest absolute Gasteiger partial charge is 0.484 e. The van der Waals surface area contributed by atoms with E-state index in [0.717, 1.165) is 13.1 Å². The fourth-order valence-corrected chi connectivity index (χ4v) is 2.42. The van der Waals surface area contributed by atoms with Gasteiger partial charge in [-0.05, 0) is 38.1 Å². The lowest BCUT2D eigenvalue weighted by molar-refractivity contribution is -0.135. The lowest BCUT2D eigenvalue weighted by atomic mass is 10.1. The molecular weight excluding hydrogens is 264 g/mol. The van der Waals surface area contributed by atoms with Gasteiger partial charge in [-0.1, -0.05) is 11.6 Å². The molecule has 104 valence electrons. The van der Waals surface area contributed by atoms with Crippen LogP contribution in [0.15, 0.2) is 24.3 Å². The average Bonchev–Trinajstić information content (AvgIpc) is 2.36. The number of hydrogen-bond donors (Lipinski definition) is 1.